The van der Waals surface area contributed by atoms with E-state index in [2.05, 4.69) is 5.32 Å². The Morgan fingerprint density at radius 2 is 1.80 bits per heavy atom. The van der Waals surface area contributed by atoms with Crippen molar-refractivity contribution < 1.29 is 32.6 Å². The highest BCUT2D eigenvalue weighted by molar-refractivity contribution is 7.88. The Balaban J connectivity index is 1.28. The summed E-state index contributed by atoms with van der Waals surface area (Å²) in [6.07, 6.45) is 1.98. The number of methoxy groups -OCH3 is 1. The van der Waals surface area contributed by atoms with Gasteiger partial charge in [0.05, 0.1) is 17.7 Å². The van der Waals surface area contributed by atoms with E-state index in [1.165, 1.54) is 7.11 Å². The van der Waals surface area contributed by atoms with Gasteiger partial charge in [0.15, 0.2) is 16.7 Å². The number of esters is 1. The smallest absolute Gasteiger partial charge is 0.349 e. The zero-order valence-corrected chi connectivity index (χ0v) is 24.8. The molecular weight excluding hydrogens is 588 g/mol. The largest absolute Gasteiger partial charge is 0.477 e. The molecule has 12 heteroatoms. The number of benzene rings is 2. The Morgan fingerprint density at radius 1 is 1.10 bits per heavy atom. The minimum absolute atomic E-state index is 0.0133. The maximum atomic E-state index is 12.9. The molecule has 3 aromatic rings. The zero-order valence-electron chi connectivity index (χ0n) is 22.4. The van der Waals surface area contributed by atoms with Crippen molar-refractivity contribution in [2.45, 2.75) is 43.6 Å². The first-order chi connectivity index (χ1) is 19.7. The quantitative estimate of drug-likeness (QED) is 0.270. The Morgan fingerprint density at radius 3 is 2.44 bits per heavy atom. The fourth-order valence-corrected chi connectivity index (χ4v) is 7.89. The summed E-state index contributed by atoms with van der Waals surface area (Å²) in [5.41, 5.74) is 2.28. The van der Waals surface area contributed by atoms with Gasteiger partial charge in [-0.25, -0.2) is 22.3 Å². The van der Waals surface area contributed by atoms with Gasteiger partial charge >= 0.3 is 11.9 Å². The van der Waals surface area contributed by atoms with Gasteiger partial charge in [-0.1, -0.05) is 54.1 Å². The summed E-state index contributed by atoms with van der Waals surface area (Å²) in [6, 6.07) is 16.7. The van der Waals surface area contributed by atoms with Crippen molar-refractivity contribution in [2.75, 3.05) is 25.5 Å². The number of piperidine rings is 1. The maximum absolute atomic E-state index is 12.9. The van der Waals surface area contributed by atoms with Crippen molar-refractivity contribution in [1.82, 2.24) is 4.31 Å². The first-order valence-corrected chi connectivity index (χ1v) is 16.2. The molecule has 1 aliphatic carbocycles. The maximum Gasteiger partial charge on any atom is 0.349 e. The summed E-state index contributed by atoms with van der Waals surface area (Å²) in [4.78, 5) is 24.8. The highest BCUT2D eigenvalue weighted by atomic mass is 35.5. The van der Waals surface area contributed by atoms with E-state index in [1.54, 1.807) is 4.31 Å². The molecule has 0 amide bonds. The van der Waals surface area contributed by atoms with Gasteiger partial charge in [-0.2, -0.15) is 0 Å². The molecule has 1 saturated carbocycles. The number of nitrogens with zero attached hydrogens (tertiary/aromatic N) is 1. The first-order valence-electron chi connectivity index (χ1n) is 13.3. The van der Waals surface area contributed by atoms with Crippen LogP contribution in [0.1, 0.15) is 40.9 Å². The summed E-state index contributed by atoms with van der Waals surface area (Å²) in [7, 11) is -2.13. The Kier molecular flexibility index (Phi) is 8.88. The van der Waals surface area contributed by atoms with E-state index in [1.807, 2.05) is 54.6 Å². The average molecular weight is 619 g/mol. The number of rotatable bonds is 11. The lowest BCUT2D eigenvalue weighted by Crippen LogP contribution is -2.42. The molecular formula is C29H31ClN2O7S2. The number of halogens is 1. The fourth-order valence-electron chi connectivity index (χ4n) is 4.95. The number of carbonyl (C=O) groups excluding carboxylic acids is 1. The standard InChI is InChI=1S/C29H31ClN2O7S2/c1-38-29(35)24(19-10-11-19)39-25-23(30)26(40-27(25)28(33)34)20-8-5-9-22(16-20)31-21-12-14-32(15-13-21)41(36,37)17-18-6-3-2-4-7-18/h2-9,16,19,21,24,31H,10-15,17H2,1H3,(H,33,34). The second-order valence-electron chi connectivity index (χ2n) is 10.2. The van der Waals surface area contributed by atoms with Crippen molar-refractivity contribution in [3.05, 3.63) is 70.1 Å². The van der Waals surface area contributed by atoms with Gasteiger partial charge in [0.2, 0.25) is 10.0 Å². The number of carboxylic acid groups (broad SMARTS) is 1. The van der Waals surface area contributed by atoms with Gasteiger partial charge in [-0.3, -0.25) is 0 Å². The summed E-state index contributed by atoms with van der Waals surface area (Å²) >= 11 is 7.66. The van der Waals surface area contributed by atoms with Gasteiger partial charge < -0.3 is 19.9 Å². The molecule has 2 fully saturated rings. The summed E-state index contributed by atoms with van der Waals surface area (Å²) in [5, 5.41) is 13.5. The van der Waals surface area contributed by atoms with E-state index in [0.29, 0.717) is 36.4 Å². The molecule has 1 aliphatic heterocycles. The first kappa shape index (κ1) is 29.4. The predicted octanol–water partition coefficient (Wildman–Crippen LogP) is 5.50. The Labute approximate surface area is 248 Å². The number of nitrogens with one attached hydrogen (secondary N) is 1. The number of hydrogen-bond donors (Lipinski definition) is 2. The molecule has 0 bridgehead atoms. The highest BCUT2D eigenvalue weighted by Gasteiger charge is 2.41. The second-order valence-corrected chi connectivity index (χ2v) is 13.6. The van der Waals surface area contributed by atoms with Crippen LogP contribution in [0.4, 0.5) is 5.69 Å². The third-order valence-corrected chi connectivity index (χ3v) is 10.8. The molecule has 1 unspecified atom stereocenters. The fraction of sp³-hybridized carbons (Fsp3) is 0.379. The lowest BCUT2D eigenvalue weighted by molar-refractivity contribution is -0.149. The molecule has 1 saturated heterocycles. The number of anilines is 1. The van der Waals surface area contributed by atoms with Gasteiger partial charge in [0.25, 0.3) is 0 Å². The van der Waals surface area contributed by atoms with Crippen LogP contribution in [0.3, 0.4) is 0 Å². The summed E-state index contributed by atoms with van der Waals surface area (Å²) < 4.78 is 38.1. The van der Waals surface area contributed by atoms with Gasteiger partial charge in [0.1, 0.15) is 5.02 Å². The van der Waals surface area contributed by atoms with Crippen molar-refractivity contribution in [3.63, 3.8) is 0 Å². The number of hydrogen-bond acceptors (Lipinski definition) is 8. The van der Waals surface area contributed by atoms with Crippen LogP contribution in [0.15, 0.2) is 54.6 Å². The number of aromatic carboxylic acids is 1. The van der Waals surface area contributed by atoms with Gasteiger partial charge in [-0.05, 0) is 48.9 Å². The molecule has 1 aromatic heterocycles. The molecule has 1 atom stereocenters. The topological polar surface area (TPSA) is 122 Å². The van der Waals surface area contributed by atoms with E-state index in [9.17, 15) is 23.1 Å². The van der Waals surface area contributed by atoms with Crippen LogP contribution in [0.5, 0.6) is 5.75 Å². The Hall–Kier alpha value is -3.12. The summed E-state index contributed by atoms with van der Waals surface area (Å²) in [5.74, 6) is -1.82. The number of thiophene rings is 1. The van der Waals surface area contributed by atoms with Crippen LogP contribution in [-0.4, -0.2) is 62.1 Å². The second kappa shape index (κ2) is 12.4. The van der Waals surface area contributed by atoms with Crippen molar-refractivity contribution >= 4 is 50.6 Å². The molecule has 5 rings (SSSR count). The minimum Gasteiger partial charge on any atom is -0.477 e. The molecule has 2 N–H and O–H groups in total. The van der Waals surface area contributed by atoms with Crippen LogP contribution in [-0.2, 0) is 25.3 Å². The number of sulfonamides is 1. The number of carboxylic acids is 1. The highest BCUT2D eigenvalue weighted by Crippen LogP contribution is 2.48. The van der Waals surface area contributed by atoms with E-state index >= 15 is 0 Å². The molecule has 2 aliphatic rings. The number of ether oxygens (including phenoxy) is 2. The molecule has 9 nitrogen and oxygen atoms in total. The van der Waals surface area contributed by atoms with E-state index in [4.69, 9.17) is 21.1 Å². The minimum atomic E-state index is -3.40. The normalized spacial score (nSPS) is 17.1. The van der Waals surface area contributed by atoms with Gasteiger partial charge in [-0.15, -0.1) is 11.3 Å². The van der Waals surface area contributed by atoms with Crippen LogP contribution < -0.4 is 10.1 Å². The van der Waals surface area contributed by atoms with Crippen LogP contribution >= 0.6 is 22.9 Å². The van der Waals surface area contributed by atoms with E-state index in [0.717, 1.165) is 35.4 Å². The summed E-state index contributed by atoms with van der Waals surface area (Å²) in [6.45, 7) is 0.850. The lowest BCUT2D eigenvalue weighted by atomic mass is 10.1. The number of carbonyl (C=O) groups is 2. The molecule has 218 valence electrons. The third kappa shape index (κ3) is 6.86. The van der Waals surface area contributed by atoms with Crippen molar-refractivity contribution in [2.24, 2.45) is 5.92 Å². The predicted molar refractivity (Wildman–Crippen MR) is 158 cm³/mol. The lowest BCUT2D eigenvalue weighted by Gasteiger charge is -2.32. The molecule has 2 heterocycles. The van der Waals surface area contributed by atoms with Crippen LogP contribution in [0.25, 0.3) is 10.4 Å². The van der Waals surface area contributed by atoms with Crippen LogP contribution in [0, 0.1) is 5.92 Å². The van der Waals surface area contributed by atoms with Crippen molar-refractivity contribution in [1.29, 1.82) is 0 Å². The van der Waals surface area contributed by atoms with E-state index in [-0.39, 0.29) is 33.4 Å². The van der Waals surface area contributed by atoms with E-state index < -0.39 is 28.1 Å². The van der Waals surface area contributed by atoms with Crippen molar-refractivity contribution in [3.8, 4) is 16.2 Å². The monoisotopic (exact) mass is 618 g/mol. The van der Waals surface area contributed by atoms with Crippen LogP contribution in [0.2, 0.25) is 5.02 Å². The molecule has 41 heavy (non-hydrogen) atoms. The molecule has 0 radical (unpaired) electrons. The molecule has 2 aromatic carbocycles. The average Bonchev–Trinajstić information content (AvgIpc) is 3.75. The SMILES string of the molecule is COC(=O)C(Oc1c(C(=O)O)sc(-c2cccc(NC3CCN(S(=O)(=O)Cc4ccccc4)CC3)c2)c1Cl)C1CC1. The van der Waals surface area contributed by atoms with Gasteiger partial charge in [0, 0.05) is 30.7 Å². The Bertz CT molecular complexity index is 1520. The zero-order chi connectivity index (χ0) is 29.1. The third-order valence-electron chi connectivity index (χ3n) is 7.27. The molecule has 0 spiro atoms.